The van der Waals surface area contributed by atoms with Crippen molar-refractivity contribution in [1.29, 1.82) is 0 Å². The summed E-state index contributed by atoms with van der Waals surface area (Å²) in [7, 11) is 0. The number of para-hydroxylation sites is 1. The number of pyridine rings is 1. The first-order valence-electron chi connectivity index (χ1n) is 8.77. The van der Waals surface area contributed by atoms with Gasteiger partial charge in [0.25, 0.3) is 5.91 Å². The third kappa shape index (κ3) is 4.32. The van der Waals surface area contributed by atoms with E-state index in [4.69, 9.17) is 28.2 Å². The van der Waals surface area contributed by atoms with Crippen molar-refractivity contribution < 1.29 is 4.79 Å². The van der Waals surface area contributed by atoms with Gasteiger partial charge < -0.3 is 0 Å². The Morgan fingerprint density at radius 2 is 1.79 bits per heavy atom. The summed E-state index contributed by atoms with van der Waals surface area (Å²) in [6.07, 6.45) is 0. The van der Waals surface area contributed by atoms with Gasteiger partial charge in [-0.2, -0.15) is 5.10 Å². The lowest BCUT2D eigenvalue weighted by molar-refractivity contribution is 0.0956. The molecule has 7 heteroatoms. The number of nitrogens with zero attached hydrogens (tertiary/aromatic N) is 2. The second-order valence-electron chi connectivity index (χ2n) is 6.32. The molecular formula is C22H15Cl2N3OS. The smallest absolute Gasteiger partial charge is 0.267 e. The Hall–Kier alpha value is -2.73. The number of hydrazone groups is 1. The Morgan fingerprint density at radius 1 is 1.03 bits per heavy atom. The van der Waals surface area contributed by atoms with Gasteiger partial charge in [0.05, 0.1) is 31.7 Å². The summed E-state index contributed by atoms with van der Waals surface area (Å²) in [6, 6.07) is 20.3. The van der Waals surface area contributed by atoms with Crippen molar-refractivity contribution >= 4 is 57.1 Å². The maximum Gasteiger partial charge on any atom is 0.272 e. The average molecular weight is 440 g/mol. The van der Waals surface area contributed by atoms with Gasteiger partial charge in [-0.15, -0.1) is 11.3 Å². The van der Waals surface area contributed by atoms with Gasteiger partial charge in [-0.1, -0.05) is 53.5 Å². The van der Waals surface area contributed by atoms with Gasteiger partial charge >= 0.3 is 0 Å². The number of rotatable bonds is 4. The molecule has 1 N–H and O–H groups in total. The number of nitrogens with one attached hydrogen (secondary N) is 1. The number of hydrogen-bond acceptors (Lipinski definition) is 4. The van der Waals surface area contributed by atoms with Crippen LogP contribution in [-0.2, 0) is 0 Å². The fourth-order valence-corrected chi connectivity index (χ4v) is 4.00. The summed E-state index contributed by atoms with van der Waals surface area (Å²) in [5, 5.41) is 5.64. The number of fused-ring (bicyclic) bond motifs is 1. The van der Waals surface area contributed by atoms with Gasteiger partial charge in [0.2, 0.25) is 0 Å². The van der Waals surface area contributed by atoms with E-state index in [1.165, 1.54) is 11.3 Å². The summed E-state index contributed by atoms with van der Waals surface area (Å²) < 4.78 is 0.675. The number of carbonyl (C=O) groups excluding carboxylic acids is 1. The van der Waals surface area contributed by atoms with Crippen molar-refractivity contribution in [3.05, 3.63) is 86.5 Å². The van der Waals surface area contributed by atoms with Crippen LogP contribution in [0.1, 0.15) is 22.2 Å². The minimum atomic E-state index is -0.305. The molecule has 0 aliphatic heterocycles. The molecule has 29 heavy (non-hydrogen) atoms. The number of hydrogen-bond donors (Lipinski definition) is 1. The predicted molar refractivity (Wildman–Crippen MR) is 121 cm³/mol. The van der Waals surface area contributed by atoms with E-state index in [1.807, 2.05) is 49.4 Å². The molecule has 0 aliphatic carbocycles. The summed E-state index contributed by atoms with van der Waals surface area (Å²) in [6.45, 7) is 1.83. The minimum Gasteiger partial charge on any atom is -0.267 e. The van der Waals surface area contributed by atoms with Crippen LogP contribution in [0.3, 0.4) is 0 Å². The number of aromatic nitrogens is 1. The molecule has 2 heterocycles. The van der Waals surface area contributed by atoms with Crippen LogP contribution < -0.4 is 5.43 Å². The van der Waals surface area contributed by atoms with Crippen LogP contribution in [0.15, 0.2) is 71.8 Å². The first-order valence-corrected chi connectivity index (χ1v) is 10.3. The molecule has 4 nitrogen and oxygen atoms in total. The average Bonchev–Trinajstić information content (AvgIpc) is 3.18. The van der Waals surface area contributed by atoms with Crippen molar-refractivity contribution in [1.82, 2.24) is 10.4 Å². The summed E-state index contributed by atoms with van der Waals surface area (Å²) in [4.78, 5) is 18.5. The highest BCUT2D eigenvalue weighted by molar-refractivity contribution is 7.18. The molecule has 0 atom stereocenters. The van der Waals surface area contributed by atoms with Crippen molar-refractivity contribution in [2.45, 2.75) is 6.92 Å². The molecule has 0 saturated carbocycles. The summed E-state index contributed by atoms with van der Waals surface area (Å²) in [5.41, 5.74) is 6.14. The van der Waals surface area contributed by atoms with Crippen LogP contribution in [0.5, 0.6) is 0 Å². The van der Waals surface area contributed by atoms with Crippen LogP contribution >= 0.6 is 34.5 Å². The monoisotopic (exact) mass is 439 g/mol. The van der Waals surface area contributed by atoms with Crippen molar-refractivity contribution in [3.8, 4) is 11.3 Å². The molecule has 0 aliphatic rings. The molecule has 0 saturated heterocycles. The Morgan fingerprint density at radius 3 is 2.52 bits per heavy atom. The van der Waals surface area contributed by atoms with Crippen LogP contribution in [0.25, 0.3) is 22.2 Å². The molecule has 0 bridgehead atoms. The zero-order chi connectivity index (χ0) is 20.4. The largest absolute Gasteiger partial charge is 0.272 e. The van der Waals surface area contributed by atoms with Gasteiger partial charge in [-0.25, -0.2) is 10.4 Å². The minimum absolute atomic E-state index is 0.305. The molecule has 0 spiro atoms. The van der Waals surface area contributed by atoms with Gasteiger partial charge in [0.15, 0.2) is 0 Å². The summed E-state index contributed by atoms with van der Waals surface area (Å²) in [5.74, 6) is -0.305. The maximum absolute atomic E-state index is 12.9. The number of thiophene rings is 1. The normalized spacial score (nSPS) is 11.6. The maximum atomic E-state index is 12.9. The Labute approximate surface area is 181 Å². The van der Waals surface area contributed by atoms with Crippen LogP contribution in [0.2, 0.25) is 9.36 Å². The Balaban J connectivity index is 1.71. The van der Waals surface area contributed by atoms with Crippen LogP contribution in [-0.4, -0.2) is 16.6 Å². The SMILES string of the molecule is CC(=NNC(=O)c1cc(-c2ccc(Cl)cc2)nc2ccccc12)c1ccc(Cl)s1. The van der Waals surface area contributed by atoms with Gasteiger partial charge in [0, 0.05) is 16.0 Å². The molecule has 4 rings (SSSR count). The predicted octanol–water partition coefficient (Wildman–Crippen LogP) is 6.42. The van der Waals surface area contributed by atoms with Crippen molar-refractivity contribution in [2.24, 2.45) is 5.10 Å². The number of benzene rings is 2. The fraction of sp³-hybridized carbons (Fsp3) is 0.0455. The molecule has 0 radical (unpaired) electrons. The lowest BCUT2D eigenvalue weighted by Crippen LogP contribution is -2.19. The summed E-state index contributed by atoms with van der Waals surface area (Å²) >= 11 is 13.4. The lowest BCUT2D eigenvalue weighted by atomic mass is 10.0. The van der Waals surface area contributed by atoms with E-state index in [-0.39, 0.29) is 5.91 Å². The van der Waals surface area contributed by atoms with Gasteiger partial charge in [-0.05, 0) is 43.3 Å². The van der Waals surface area contributed by atoms with E-state index in [0.29, 0.717) is 26.3 Å². The first kappa shape index (κ1) is 19.6. The molecule has 144 valence electrons. The molecule has 1 amide bonds. The quantitative estimate of drug-likeness (QED) is 0.294. The van der Waals surface area contributed by atoms with E-state index >= 15 is 0 Å². The Kier molecular flexibility index (Phi) is 5.62. The zero-order valence-electron chi connectivity index (χ0n) is 15.3. The zero-order valence-corrected chi connectivity index (χ0v) is 17.6. The number of carbonyl (C=O) groups is 1. The second kappa shape index (κ2) is 8.33. The molecule has 2 aromatic carbocycles. The number of halogens is 2. The van der Waals surface area contributed by atoms with Crippen LogP contribution in [0.4, 0.5) is 0 Å². The standard InChI is InChI=1S/C22H15Cl2N3OS/c1-13(20-10-11-21(24)29-20)26-27-22(28)17-12-19(14-6-8-15(23)9-7-14)25-18-5-3-2-4-16(17)18/h2-12H,1H3,(H,27,28). The third-order valence-electron chi connectivity index (χ3n) is 4.36. The number of amides is 1. The highest BCUT2D eigenvalue weighted by Gasteiger charge is 2.14. The molecule has 4 aromatic rings. The molecule has 0 unspecified atom stereocenters. The van der Waals surface area contributed by atoms with Gasteiger partial charge in [-0.3, -0.25) is 4.79 Å². The van der Waals surface area contributed by atoms with E-state index in [0.717, 1.165) is 21.3 Å². The van der Waals surface area contributed by atoms with E-state index in [1.54, 1.807) is 24.3 Å². The molecule has 0 fully saturated rings. The highest BCUT2D eigenvalue weighted by atomic mass is 35.5. The first-order chi connectivity index (χ1) is 14.0. The highest BCUT2D eigenvalue weighted by Crippen LogP contribution is 2.26. The fourth-order valence-electron chi connectivity index (χ4n) is 2.89. The molecule has 2 aromatic heterocycles. The van der Waals surface area contributed by atoms with E-state index in [9.17, 15) is 4.79 Å². The lowest BCUT2D eigenvalue weighted by Gasteiger charge is -2.09. The Bertz CT molecular complexity index is 1230. The third-order valence-corrected chi connectivity index (χ3v) is 5.95. The second-order valence-corrected chi connectivity index (χ2v) is 8.47. The van der Waals surface area contributed by atoms with E-state index in [2.05, 4.69) is 10.5 Å². The topological polar surface area (TPSA) is 54.4 Å². The van der Waals surface area contributed by atoms with Gasteiger partial charge in [0.1, 0.15) is 0 Å². The van der Waals surface area contributed by atoms with Crippen LogP contribution in [0, 0.1) is 0 Å². The molecular weight excluding hydrogens is 425 g/mol. The van der Waals surface area contributed by atoms with Crippen molar-refractivity contribution in [3.63, 3.8) is 0 Å². The van der Waals surface area contributed by atoms with E-state index < -0.39 is 0 Å². The van der Waals surface area contributed by atoms with Crippen molar-refractivity contribution in [2.75, 3.05) is 0 Å².